The molecule has 4 N–H and O–H groups in total. The molecule has 1 aromatic rings. The van der Waals surface area contributed by atoms with Crippen LogP contribution in [0, 0.1) is 3.57 Å². The molecule has 2 rings (SSSR count). The lowest BCUT2D eigenvalue weighted by atomic mass is 9.93. The molecule has 1 aliphatic rings. The molecule has 0 aliphatic carbocycles. The fourth-order valence-electron chi connectivity index (χ4n) is 3.07. The first-order valence-corrected chi connectivity index (χ1v) is 11.2. The van der Waals surface area contributed by atoms with E-state index in [2.05, 4.69) is 33.2 Å². The van der Waals surface area contributed by atoms with E-state index in [1.165, 1.54) is 0 Å². The SMILES string of the molecule is CCCC1=C(C(=O)OCC)C(c2cc(I)c(OCC(N)=O)c(OCC)c2)NC(=S)N1. The van der Waals surface area contributed by atoms with Crippen LogP contribution >= 0.6 is 34.8 Å². The van der Waals surface area contributed by atoms with Gasteiger partial charge in [0.15, 0.2) is 23.2 Å². The molecule has 0 radical (unpaired) electrons. The quantitative estimate of drug-likeness (QED) is 0.233. The van der Waals surface area contributed by atoms with Crippen molar-refractivity contribution in [1.29, 1.82) is 0 Å². The van der Waals surface area contributed by atoms with Crippen molar-refractivity contribution in [3.05, 3.63) is 32.5 Å². The minimum Gasteiger partial charge on any atom is -0.490 e. The van der Waals surface area contributed by atoms with Gasteiger partial charge < -0.3 is 30.6 Å². The van der Waals surface area contributed by atoms with Crippen LogP contribution in [0.5, 0.6) is 11.5 Å². The fourth-order valence-corrected chi connectivity index (χ4v) is 4.09. The third-order valence-corrected chi connectivity index (χ3v) is 5.19. The summed E-state index contributed by atoms with van der Waals surface area (Å²) in [5, 5.41) is 6.69. The molecular weight excluding hydrogens is 521 g/mol. The maximum Gasteiger partial charge on any atom is 0.338 e. The van der Waals surface area contributed by atoms with E-state index in [1.807, 2.05) is 19.9 Å². The van der Waals surface area contributed by atoms with Crippen LogP contribution < -0.4 is 25.8 Å². The van der Waals surface area contributed by atoms with E-state index >= 15 is 0 Å². The van der Waals surface area contributed by atoms with Crippen molar-refractivity contribution >= 4 is 51.8 Å². The summed E-state index contributed by atoms with van der Waals surface area (Å²) < 4.78 is 17.3. The Morgan fingerprint density at radius 1 is 1.20 bits per heavy atom. The Hall–Kier alpha value is -2.08. The highest BCUT2D eigenvalue weighted by atomic mass is 127. The molecule has 1 aliphatic heterocycles. The van der Waals surface area contributed by atoms with E-state index in [9.17, 15) is 9.59 Å². The van der Waals surface area contributed by atoms with Gasteiger partial charge in [-0.1, -0.05) is 13.3 Å². The minimum atomic E-state index is -0.584. The predicted octanol–water partition coefficient (Wildman–Crippen LogP) is 2.69. The number of primary amides is 1. The Kier molecular flexibility index (Phi) is 9.15. The lowest BCUT2D eigenvalue weighted by Gasteiger charge is -2.31. The number of allylic oxidation sites excluding steroid dienone is 1. The van der Waals surface area contributed by atoms with Gasteiger partial charge in [0.1, 0.15) is 0 Å². The van der Waals surface area contributed by atoms with Crippen molar-refractivity contribution in [2.45, 2.75) is 39.7 Å². The number of nitrogens with two attached hydrogens (primary N) is 1. The highest BCUT2D eigenvalue weighted by Crippen LogP contribution is 2.39. The molecule has 0 bridgehead atoms. The maximum atomic E-state index is 12.8. The first-order valence-electron chi connectivity index (χ1n) is 9.67. The Morgan fingerprint density at radius 3 is 2.53 bits per heavy atom. The van der Waals surface area contributed by atoms with Crippen molar-refractivity contribution < 1.29 is 23.8 Å². The zero-order valence-corrected chi connectivity index (χ0v) is 20.1. The molecule has 0 fully saturated rings. The average molecular weight is 547 g/mol. The molecule has 1 unspecified atom stereocenters. The third kappa shape index (κ3) is 5.97. The normalized spacial score (nSPS) is 15.9. The molecular formula is C20H26IN3O5S. The Labute approximate surface area is 195 Å². The van der Waals surface area contributed by atoms with Crippen molar-refractivity contribution in [1.82, 2.24) is 10.6 Å². The van der Waals surface area contributed by atoms with Crippen LogP contribution in [-0.2, 0) is 14.3 Å². The number of hydrogen-bond acceptors (Lipinski definition) is 6. The van der Waals surface area contributed by atoms with Gasteiger partial charge in [-0.05, 0) is 72.8 Å². The number of benzene rings is 1. The largest absolute Gasteiger partial charge is 0.490 e. The number of thiocarbonyl (C=S) groups is 1. The average Bonchev–Trinajstić information content (AvgIpc) is 2.67. The number of amides is 1. The van der Waals surface area contributed by atoms with E-state index in [0.29, 0.717) is 38.8 Å². The molecule has 0 saturated carbocycles. The van der Waals surface area contributed by atoms with E-state index in [0.717, 1.165) is 17.7 Å². The van der Waals surface area contributed by atoms with E-state index < -0.39 is 17.9 Å². The number of hydrogen-bond donors (Lipinski definition) is 3. The summed E-state index contributed by atoms with van der Waals surface area (Å²) in [6, 6.07) is 3.11. The second-order valence-electron chi connectivity index (χ2n) is 6.41. The second-order valence-corrected chi connectivity index (χ2v) is 7.98. The highest BCUT2D eigenvalue weighted by molar-refractivity contribution is 14.1. The Bertz CT molecular complexity index is 859. The molecule has 1 atom stereocenters. The number of carbonyl (C=O) groups is 2. The van der Waals surface area contributed by atoms with Crippen molar-refractivity contribution in [2.75, 3.05) is 19.8 Å². The molecule has 164 valence electrons. The van der Waals surface area contributed by atoms with Gasteiger partial charge in [-0.25, -0.2) is 4.79 Å². The van der Waals surface area contributed by atoms with Crippen LogP contribution in [0.3, 0.4) is 0 Å². The van der Waals surface area contributed by atoms with Gasteiger partial charge in [0.2, 0.25) is 0 Å². The first-order chi connectivity index (χ1) is 14.3. The van der Waals surface area contributed by atoms with E-state index in [1.54, 1.807) is 13.0 Å². The molecule has 10 heteroatoms. The summed E-state index contributed by atoms with van der Waals surface area (Å²) >= 11 is 7.47. The van der Waals surface area contributed by atoms with Crippen molar-refractivity contribution in [3.63, 3.8) is 0 Å². The van der Waals surface area contributed by atoms with Gasteiger partial charge in [0, 0.05) is 5.70 Å². The summed E-state index contributed by atoms with van der Waals surface area (Å²) in [6.07, 6.45) is 1.49. The van der Waals surface area contributed by atoms with Gasteiger partial charge in [0.25, 0.3) is 5.91 Å². The van der Waals surface area contributed by atoms with Crippen LogP contribution in [0.4, 0.5) is 0 Å². The van der Waals surface area contributed by atoms with Gasteiger partial charge in [-0.2, -0.15) is 0 Å². The number of nitrogens with one attached hydrogen (secondary N) is 2. The van der Waals surface area contributed by atoms with Crippen LogP contribution in [0.15, 0.2) is 23.4 Å². The number of esters is 1. The van der Waals surface area contributed by atoms with Gasteiger partial charge >= 0.3 is 5.97 Å². The second kappa shape index (κ2) is 11.3. The Morgan fingerprint density at radius 2 is 1.93 bits per heavy atom. The molecule has 8 nitrogen and oxygen atoms in total. The number of ether oxygens (including phenoxy) is 3. The highest BCUT2D eigenvalue weighted by Gasteiger charge is 2.33. The minimum absolute atomic E-state index is 0.264. The molecule has 0 aromatic heterocycles. The van der Waals surface area contributed by atoms with Crippen LogP contribution in [0.2, 0.25) is 0 Å². The number of rotatable bonds is 10. The monoisotopic (exact) mass is 547 g/mol. The van der Waals surface area contributed by atoms with Gasteiger partial charge in [-0.3, -0.25) is 4.79 Å². The molecule has 1 amide bonds. The smallest absolute Gasteiger partial charge is 0.338 e. The predicted molar refractivity (Wildman–Crippen MR) is 125 cm³/mol. The fraction of sp³-hybridized carbons (Fsp3) is 0.450. The van der Waals surface area contributed by atoms with E-state index in [-0.39, 0.29) is 13.2 Å². The maximum absolute atomic E-state index is 12.8. The summed E-state index contributed by atoms with van der Waals surface area (Å²) in [7, 11) is 0. The standard InChI is InChI=1S/C20H26IN3O5S/c1-4-7-13-16(19(26)28-6-3)17(24-20(30)23-13)11-8-12(21)18(29-10-15(22)25)14(9-11)27-5-2/h8-9,17H,4-7,10H2,1-3H3,(H2,22,25)(H2,23,24,30). The molecule has 1 aromatic carbocycles. The first kappa shape index (κ1) is 24.2. The Balaban J connectivity index is 2.57. The molecule has 0 spiro atoms. The number of halogens is 1. The van der Waals surface area contributed by atoms with Crippen molar-refractivity contribution in [3.8, 4) is 11.5 Å². The lowest BCUT2D eigenvalue weighted by molar-refractivity contribution is -0.139. The lowest BCUT2D eigenvalue weighted by Crippen LogP contribution is -2.45. The number of carbonyl (C=O) groups excluding carboxylic acids is 2. The van der Waals surface area contributed by atoms with Crippen LogP contribution in [-0.4, -0.2) is 36.8 Å². The summed E-state index contributed by atoms with van der Waals surface area (Å²) in [4.78, 5) is 23.9. The van der Waals surface area contributed by atoms with Gasteiger partial charge in [-0.15, -0.1) is 0 Å². The third-order valence-electron chi connectivity index (χ3n) is 4.17. The molecule has 0 saturated heterocycles. The molecule has 1 heterocycles. The summed E-state index contributed by atoms with van der Waals surface area (Å²) in [6.45, 7) is 6.03. The zero-order chi connectivity index (χ0) is 22.3. The summed E-state index contributed by atoms with van der Waals surface area (Å²) in [5.74, 6) is -0.117. The van der Waals surface area contributed by atoms with Crippen molar-refractivity contribution in [2.24, 2.45) is 5.73 Å². The zero-order valence-electron chi connectivity index (χ0n) is 17.2. The van der Waals surface area contributed by atoms with Gasteiger partial charge in [0.05, 0.1) is 28.4 Å². The van der Waals surface area contributed by atoms with Crippen LogP contribution in [0.1, 0.15) is 45.2 Å². The topological polar surface area (TPSA) is 112 Å². The van der Waals surface area contributed by atoms with Crippen LogP contribution in [0.25, 0.3) is 0 Å². The summed E-state index contributed by atoms with van der Waals surface area (Å²) in [5.41, 5.74) is 7.19. The molecule has 30 heavy (non-hydrogen) atoms. The van der Waals surface area contributed by atoms with E-state index in [4.69, 9.17) is 32.2 Å².